The molecule has 0 radical (unpaired) electrons. The number of rotatable bonds is 6. The topological polar surface area (TPSA) is 66.6 Å². The van der Waals surface area contributed by atoms with Crippen LogP contribution in [0.4, 0.5) is 10.9 Å². The van der Waals surface area contributed by atoms with Gasteiger partial charge in [-0.05, 0) is 24.8 Å². The zero-order valence-corrected chi connectivity index (χ0v) is 12.3. The quantitative estimate of drug-likeness (QED) is 0.789. The number of nitrogens with one attached hydrogen (secondary N) is 2. The standard InChI is InChI=1S/C10H17N6S2/c1-7(2)12-9-5-18-16(15-9)4-8(3)13-10-14-11-6-17-10/h5-8,12H,4H2,1-3H3,(H,13,14)/q+1. The van der Waals surface area contributed by atoms with Crippen molar-refractivity contribution in [2.45, 2.75) is 39.4 Å². The molecule has 0 aliphatic rings. The van der Waals surface area contributed by atoms with E-state index < -0.39 is 0 Å². The normalized spacial score (nSPS) is 12.7. The molecule has 2 N–H and O–H groups in total. The summed E-state index contributed by atoms with van der Waals surface area (Å²) in [5, 5.41) is 21.7. The van der Waals surface area contributed by atoms with E-state index in [9.17, 15) is 0 Å². The summed E-state index contributed by atoms with van der Waals surface area (Å²) in [6, 6.07) is 0.665. The molecule has 8 heteroatoms. The number of nitrogens with zero attached hydrogens (tertiary/aromatic N) is 4. The average Bonchev–Trinajstić information content (AvgIpc) is 2.89. The Morgan fingerprint density at radius 1 is 1.33 bits per heavy atom. The molecule has 0 bridgehead atoms. The van der Waals surface area contributed by atoms with Gasteiger partial charge in [0.1, 0.15) is 10.9 Å². The molecule has 2 aromatic rings. The summed E-state index contributed by atoms with van der Waals surface area (Å²) in [5.74, 6) is 0.929. The molecule has 2 heterocycles. The van der Waals surface area contributed by atoms with E-state index in [-0.39, 0.29) is 6.04 Å². The summed E-state index contributed by atoms with van der Waals surface area (Å²) < 4.78 is 1.96. The summed E-state index contributed by atoms with van der Waals surface area (Å²) in [5.41, 5.74) is 1.72. The van der Waals surface area contributed by atoms with Crippen LogP contribution in [0.5, 0.6) is 0 Å². The zero-order chi connectivity index (χ0) is 13.0. The summed E-state index contributed by atoms with van der Waals surface area (Å²) >= 11 is 3.11. The van der Waals surface area contributed by atoms with Gasteiger partial charge in [-0.2, -0.15) is 0 Å². The lowest BCUT2D eigenvalue weighted by molar-refractivity contribution is -0.688. The Morgan fingerprint density at radius 3 is 2.83 bits per heavy atom. The van der Waals surface area contributed by atoms with E-state index in [1.165, 1.54) is 11.3 Å². The molecule has 18 heavy (non-hydrogen) atoms. The second kappa shape index (κ2) is 6.05. The fraction of sp³-hybridized carbons (Fsp3) is 0.600. The van der Waals surface area contributed by atoms with Gasteiger partial charge in [0.2, 0.25) is 17.5 Å². The van der Waals surface area contributed by atoms with Crippen LogP contribution in [0.3, 0.4) is 0 Å². The van der Waals surface area contributed by atoms with Gasteiger partial charge in [-0.3, -0.25) is 0 Å². The minimum absolute atomic E-state index is 0.265. The average molecular weight is 285 g/mol. The van der Waals surface area contributed by atoms with Crippen LogP contribution in [-0.2, 0) is 6.54 Å². The van der Waals surface area contributed by atoms with E-state index in [2.05, 4.69) is 46.7 Å². The smallest absolute Gasteiger partial charge is 0.211 e. The lowest BCUT2D eigenvalue weighted by Gasteiger charge is -2.06. The fourth-order valence-corrected chi connectivity index (χ4v) is 2.79. The van der Waals surface area contributed by atoms with Crippen molar-refractivity contribution in [1.82, 2.24) is 15.3 Å². The molecule has 0 aromatic carbocycles. The molecule has 2 rings (SSSR count). The van der Waals surface area contributed by atoms with Crippen LogP contribution in [-0.4, -0.2) is 27.4 Å². The molecule has 0 amide bonds. The van der Waals surface area contributed by atoms with Gasteiger partial charge in [0.05, 0.1) is 6.04 Å². The molecule has 0 aliphatic carbocycles. The molecule has 6 nitrogen and oxygen atoms in total. The maximum Gasteiger partial charge on any atom is 0.211 e. The van der Waals surface area contributed by atoms with Crippen molar-refractivity contribution in [2.24, 2.45) is 0 Å². The van der Waals surface area contributed by atoms with Gasteiger partial charge in [-0.25, -0.2) is 0 Å². The van der Waals surface area contributed by atoms with E-state index in [4.69, 9.17) is 0 Å². The van der Waals surface area contributed by atoms with Gasteiger partial charge < -0.3 is 10.6 Å². The number of hydrogen-bond donors (Lipinski definition) is 2. The monoisotopic (exact) mass is 285 g/mol. The van der Waals surface area contributed by atoms with Crippen LogP contribution in [0, 0.1) is 0 Å². The van der Waals surface area contributed by atoms with E-state index in [0.717, 1.165) is 17.5 Å². The molecule has 0 aliphatic heterocycles. The third kappa shape index (κ3) is 3.88. The number of aromatic nitrogens is 4. The van der Waals surface area contributed by atoms with E-state index >= 15 is 0 Å². The maximum atomic E-state index is 4.47. The predicted octanol–water partition coefficient (Wildman–Crippen LogP) is 1.60. The third-order valence-corrected chi connectivity index (χ3v) is 3.53. The fourth-order valence-electron chi connectivity index (χ4n) is 1.45. The highest BCUT2D eigenvalue weighted by molar-refractivity contribution is 7.13. The van der Waals surface area contributed by atoms with Crippen LogP contribution < -0.4 is 14.7 Å². The maximum absolute atomic E-state index is 4.47. The largest absolute Gasteiger partial charge is 0.362 e. The van der Waals surface area contributed by atoms with Crippen LogP contribution in [0.25, 0.3) is 0 Å². The molecule has 0 saturated carbocycles. The SMILES string of the molecule is CC(C)Nc1cs[n+](CC(C)Nc2nncs2)n1. The highest BCUT2D eigenvalue weighted by Gasteiger charge is 2.15. The number of hydrogen-bond acceptors (Lipinski definition) is 7. The van der Waals surface area contributed by atoms with Crippen molar-refractivity contribution >= 4 is 33.8 Å². The van der Waals surface area contributed by atoms with Crippen LogP contribution in [0.2, 0.25) is 0 Å². The summed E-state index contributed by atoms with van der Waals surface area (Å²) in [6.07, 6.45) is 0. The molecule has 0 fully saturated rings. The highest BCUT2D eigenvalue weighted by Crippen LogP contribution is 2.10. The predicted molar refractivity (Wildman–Crippen MR) is 74.1 cm³/mol. The van der Waals surface area contributed by atoms with Crippen molar-refractivity contribution in [3.05, 3.63) is 10.9 Å². The minimum Gasteiger partial charge on any atom is -0.362 e. The van der Waals surface area contributed by atoms with E-state index in [1.54, 1.807) is 17.0 Å². The first kappa shape index (κ1) is 13.2. The first-order valence-corrected chi connectivity index (χ1v) is 7.50. The van der Waals surface area contributed by atoms with Crippen LogP contribution in [0.15, 0.2) is 10.9 Å². The molecule has 0 spiro atoms. The Bertz CT molecular complexity index is 466. The second-order valence-corrected chi connectivity index (χ2v) is 6.03. The molecule has 2 aromatic heterocycles. The summed E-state index contributed by atoms with van der Waals surface area (Å²) in [6.45, 7) is 7.11. The Morgan fingerprint density at radius 2 is 2.17 bits per heavy atom. The Balaban J connectivity index is 1.87. The minimum atomic E-state index is 0.265. The van der Waals surface area contributed by atoms with Crippen LogP contribution in [0.1, 0.15) is 20.8 Å². The molecule has 98 valence electrons. The van der Waals surface area contributed by atoms with Gasteiger partial charge in [0.25, 0.3) is 0 Å². The molecule has 1 atom stereocenters. The van der Waals surface area contributed by atoms with Crippen molar-refractivity contribution in [1.29, 1.82) is 0 Å². The van der Waals surface area contributed by atoms with Crippen molar-refractivity contribution < 1.29 is 4.07 Å². The summed E-state index contributed by atoms with van der Waals surface area (Å²) in [7, 11) is 0. The first-order valence-electron chi connectivity index (χ1n) is 5.79. The Hall–Kier alpha value is -1.28. The van der Waals surface area contributed by atoms with Gasteiger partial charge >= 0.3 is 0 Å². The Kier molecular flexibility index (Phi) is 4.43. The van der Waals surface area contributed by atoms with Crippen molar-refractivity contribution in [3.63, 3.8) is 0 Å². The van der Waals surface area contributed by atoms with Gasteiger partial charge in [0.15, 0.2) is 11.5 Å². The second-order valence-electron chi connectivity index (χ2n) is 4.33. The van der Waals surface area contributed by atoms with E-state index in [0.29, 0.717) is 6.04 Å². The molecular formula is C10H17N6S2+. The van der Waals surface area contributed by atoms with Crippen molar-refractivity contribution in [2.75, 3.05) is 10.6 Å². The molecule has 0 saturated heterocycles. The first-order chi connectivity index (χ1) is 8.63. The van der Waals surface area contributed by atoms with Crippen LogP contribution >= 0.6 is 22.9 Å². The number of anilines is 2. The Labute approximate surface area is 114 Å². The zero-order valence-electron chi connectivity index (χ0n) is 10.6. The van der Waals surface area contributed by atoms with Gasteiger partial charge in [0, 0.05) is 11.1 Å². The lowest BCUT2D eigenvalue weighted by Crippen LogP contribution is -2.41. The highest BCUT2D eigenvalue weighted by atomic mass is 32.1. The van der Waals surface area contributed by atoms with Crippen molar-refractivity contribution in [3.8, 4) is 0 Å². The summed E-state index contributed by atoms with van der Waals surface area (Å²) in [4.78, 5) is 0. The third-order valence-electron chi connectivity index (χ3n) is 2.10. The van der Waals surface area contributed by atoms with Gasteiger partial charge in [-0.1, -0.05) is 11.3 Å². The molecule has 1 unspecified atom stereocenters. The van der Waals surface area contributed by atoms with Gasteiger partial charge in [-0.15, -0.1) is 10.2 Å². The lowest BCUT2D eigenvalue weighted by atomic mass is 10.3. The molecular weight excluding hydrogens is 268 g/mol. The van der Waals surface area contributed by atoms with E-state index in [1.807, 2.05) is 9.45 Å².